The van der Waals surface area contributed by atoms with Crippen LogP contribution in [0.4, 0.5) is 5.69 Å². The van der Waals surface area contributed by atoms with Gasteiger partial charge in [-0.1, -0.05) is 42.5 Å². The second-order valence-electron chi connectivity index (χ2n) is 6.61. The van der Waals surface area contributed by atoms with Crippen LogP contribution in [0.3, 0.4) is 0 Å². The summed E-state index contributed by atoms with van der Waals surface area (Å²) < 4.78 is 0.528. The van der Waals surface area contributed by atoms with E-state index in [9.17, 15) is 9.59 Å². The van der Waals surface area contributed by atoms with Gasteiger partial charge < -0.3 is 20.5 Å². The summed E-state index contributed by atoms with van der Waals surface area (Å²) in [6.07, 6.45) is 9.47. The first kappa shape index (κ1) is 24.7. The molecule has 8 nitrogen and oxygen atoms in total. The number of allylic oxidation sites excluding steroid dienone is 3. The first-order valence-electron chi connectivity index (χ1n) is 9.93. The molecule has 3 aromatic rings. The third-order valence-corrected chi connectivity index (χ3v) is 4.19. The lowest BCUT2D eigenvalue weighted by atomic mass is 10.2. The van der Waals surface area contributed by atoms with Crippen LogP contribution in [0.1, 0.15) is 12.0 Å². The minimum Gasteiger partial charge on any atom is -0.504 e. The van der Waals surface area contributed by atoms with Crippen molar-refractivity contribution in [3.63, 3.8) is 0 Å². The zero-order valence-corrected chi connectivity index (χ0v) is 17.7. The van der Waals surface area contributed by atoms with Crippen LogP contribution in [-0.2, 0) is 11.2 Å². The molecular weight excluding hydrogens is 424 g/mol. The van der Waals surface area contributed by atoms with Gasteiger partial charge in [0.2, 0.25) is 5.78 Å². The highest BCUT2D eigenvalue weighted by molar-refractivity contribution is 6.02. The third kappa shape index (κ3) is 8.58. The van der Waals surface area contributed by atoms with Crippen molar-refractivity contribution < 1.29 is 25.3 Å². The number of pyridine rings is 1. The standard InChI is InChI=1S/C8H7N.2C6H6O2.C5H5NO2/c1-2-4-8-7(3-1)5-6-9-8;3*7-5-3-1-2-4-6(5)8/h1-4,6H,5H2;1,3-4,8H,2H2;1-4,7-8H;1-4,8H. The van der Waals surface area contributed by atoms with Crippen molar-refractivity contribution in [2.24, 2.45) is 4.99 Å². The first-order valence-corrected chi connectivity index (χ1v) is 9.93. The number of ketones is 1. The van der Waals surface area contributed by atoms with Crippen LogP contribution in [0, 0.1) is 0 Å². The van der Waals surface area contributed by atoms with Gasteiger partial charge in [0.25, 0.3) is 5.56 Å². The van der Waals surface area contributed by atoms with E-state index in [4.69, 9.17) is 20.5 Å². The molecule has 4 N–H and O–H groups in total. The lowest BCUT2D eigenvalue weighted by Gasteiger charge is -1.96. The van der Waals surface area contributed by atoms with Gasteiger partial charge in [0.15, 0.2) is 17.3 Å². The van der Waals surface area contributed by atoms with Crippen LogP contribution in [0.15, 0.2) is 107 Å². The van der Waals surface area contributed by atoms with Crippen molar-refractivity contribution in [3.8, 4) is 11.5 Å². The maximum atomic E-state index is 10.4. The molecule has 0 amide bonds. The summed E-state index contributed by atoms with van der Waals surface area (Å²) in [7, 11) is 0. The Labute approximate surface area is 190 Å². The molecule has 0 fully saturated rings. The number of rotatable bonds is 0. The van der Waals surface area contributed by atoms with E-state index >= 15 is 0 Å². The van der Waals surface area contributed by atoms with Crippen molar-refractivity contribution >= 4 is 17.7 Å². The van der Waals surface area contributed by atoms with E-state index in [1.54, 1.807) is 30.3 Å². The monoisotopic (exact) mass is 448 g/mol. The number of carbonyl (C=O) groups is 1. The molecule has 2 aromatic carbocycles. The zero-order valence-electron chi connectivity index (χ0n) is 17.7. The number of fused-ring (bicyclic) bond motifs is 1. The molecule has 170 valence electrons. The van der Waals surface area contributed by atoms with Crippen molar-refractivity contribution in [1.29, 1.82) is 0 Å². The third-order valence-electron chi connectivity index (χ3n) is 4.19. The number of phenolic OH excluding ortho intramolecular Hbond substituents is 2. The summed E-state index contributed by atoms with van der Waals surface area (Å²) in [4.78, 5) is 24.9. The Morgan fingerprint density at radius 1 is 0.818 bits per heavy atom. The van der Waals surface area contributed by atoms with Crippen LogP contribution in [0.5, 0.6) is 11.5 Å². The zero-order chi connectivity index (χ0) is 24.1. The molecule has 0 spiro atoms. The predicted molar refractivity (Wildman–Crippen MR) is 125 cm³/mol. The van der Waals surface area contributed by atoms with Crippen molar-refractivity contribution in [2.45, 2.75) is 12.8 Å². The second kappa shape index (κ2) is 13.0. The fourth-order valence-corrected chi connectivity index (χ4v) is 2.48. The fourth-order valence-electron chi connectivity index (χ4n) is 2.48. The largest absolute Gasteiger partial charge is 0.504 e. The smallest absolute Gasteiger partial charge is 0.282 e. The van der Waals surface area contributed by atoms with Crippen LogP contribution in [0.2, 0.25) is 0 Å². The number of aliphatic hydroxyl groups excluding tert-OH is 1. The number of aromatic hydroxyl groups is 2. The van der Waals surface area contributed by atoms with Gasteiger partial charge in [0.1, 0.15) is 0 Å². The molecule has 0 atom stereocenters. The predicted octanol–water partition coefficient (Wildman–Crippen LogP) is 4.09. The van der Waals surface area contributed by atoms with Gasteiger partial charge in [0, 0.05) is 24.9 Å². The van der Waals surface area contributed by atoms with Gasteiger partial charge in [0.05, 0.1) is 5.69 Å². The quantitative estimate of drug-likeness (QED) is 0.303. The molecule has 1 aromatic heterocycles. The number of aromatic nitrogens is 1. The number of carbonyl (C=O) groups excluding carboxylic acids is 1. The van der Waals surface area contributed by atoms with E-state index in [0.717, 1.165) is 12.1 Å². The normalized spacial score (nSPS) is 12.6. The molecule has 0 saturated heterocycles. The summed E-state index contributed by atoms with van der Waals surface area (Å²) in [5, 5.41) is 34.5. The summed E-state index contributed by atoms with van der Waals surface area (Å²) >= 11 is 0. The molecule has 0 radical (unpaired) electrons. The van der Waals surface area contributed by atoms with Crippen molar-refractivity contribution in [3.05, 3.63) is 113 Å². The number of aliphatic hydroxyl groups is 1. The lowest BCUT2D eigenvalue weighted by molar-refractivity contribution is -0.113. The average Bonchev–Trinajstić information content (AvgIpc) is 3.30. The van der Waals surface area contributed by atoms with E-state index in [0.29, 0.717) is 11.2 Å². The molecule has 1 aliphatic heterocycles. The Bertz CT molecular complexity index is 1190. The van der Waals surface area contributed by atoms with E-state index in [2.05, 4.69) is 11.1 Å². The first-order chi connectivity index (χ1) is 15.9. The number of hydrogen-bond donors (Lipinski definition) is 4. The van der Waals surface area contributed by atoms with Crippen LogP contribution >= 0.6 is 0 Å². The Kier molecular flexibility index (Phi) is 9.69. The number of phenols is 2. The number of para-hydroxylation sites is 3. The Morgan fingerprint density at radius 2 is 1.45 bits per heavy atom. The maximum Gasteiger partial charge on any atom is 0.282 e. The van der Waals surface area contributed by atoms with E-state index < -0.39 is 5.56 Å². The number of benzene rings is 2. The maximum absolute atomic E-state index is 10.4. The minimum atomic E-state index is -0.410. The van der Waals surface area contributed by atoms with Crippen LogP contribution < -0.4 is 5.56 Å². The summed E-state index contributed by atoms with van der Waals surface area (Å²) in [5.41, 5.74) is 2.07. The highest BCUT2D eigenvalue weighted by Crippen LogP contribution is 2.22. The molecule has 33 heavy (non-hydrogen) atoms. The number of nitrogens with zero attached hydrogens (tertiary/aromatic N) is 2. The number of aliphatic imine (C=N–C) groups is 1. The molecule has 0 unspecified atom stereocenters. The van der Waals surface area contributed by atoms with E-state index in [1.807, 2.05) is 24.4 Å². The Hall–Kier alpha value is -4.59. The highest BCUT2D eigenvalue weighted by atomic mass is 16.5. The Morgan fingerprint density at radius 3 is 1.94 bits per heavy atom. The van der Waals surface area contributed by atoms with E-state index in [-0.39, 0.29) is 23.0 Å². The van der Waals surface area contributed by atoms with E-state index in [1.165, 1.54) is 42.1 Å². The number of hydrogen-bond acceptors (Lipinski definition) is 7. The summed E-state index contributed by atoms with van der Waals surface area (Å²) in [6.45, 7) is 0. The van der Waals surface area contributed by atoms with Crippen molar-refractivity contribution in [1.82, 2.24) is 4.73 Å². The molecule has 2 heterocycles. The molecule has 2 aliphatic rings. The van der Waals surface area contributed by atoms with Gasteiger partial charge in [-0.05, 0) is 48.4 Å². The van der Waals surface area contributed by atoms with Gasteiger partial charge in [-0.3, -0.25) is 14.6 Å². The molecule has 1 aliphatic carbocycles. The van der Waals surface area contributed by atoms with Gasteiger partial charge in [-0.25, -0.2) is 0 Å². The van der Waals surface area contributed by atoms with Gasteiger partial charge in [-0.15, -0.1) is 0 Å². The highest BCUT2D eigenvalue weighted by Gasteiger charge is 2.04. The van der Waals surface area contributed by atoms with Gasteiger partial charge >= 0.3 is 0 Å². The second-order valence-corrected chi connectivity index (χ2v) is 6.61. The van der Waals surface area contributed by atoms with Crippen molar-refractivity contribution in [2.75, 3.05) is 0 Å². The van der Waals surface area contributed by atoms with Crippen LogP contribution in [-0.4, -0.2) is 37.3 Å². The lowest BCUT2D eigenvalue weighted by Crippen LogP contribution is -2.13. The summed E-state index contributed by atoms with van der Waals surface area (Å²) in [6, 6.07) is 18.8. The molecular formula is C25H24N2O6. The molecule has 8 heteroatoms. The van der Waals surface area contributed by atoms with Crippen LogP contribution in [0.25, 0.3) is 0 Å². The Balaban J connectivity index is 0.000000156. The fraction of sp³-hybridized carbons (Fsp3) is 0.0800. The minimum absolute atomic E-state index is 0.0764. The average molecular weight is 448 g/mol. The molecule has 0 bridgehead atoms. The molecule has 0 saturated carbocycles. The SMILES string of the molecule is C1=Nc2ccccc2C1.O=C1C=CCC=C1O.O=c1ccccn1O.Oc1ccccc1O. The molecule has 5 rings (SSSR count). The van der Waals surface area contributed by atoms with Gasteiger partial charge in [-0.2, -0.15) is 4.73 Å². The summed E-state index contributed by atoms with van der Waals surface area (Å²) in [5.74, 6) is -0.580. The topological polar surface area (TPSA) is 132 Å².